The van der Waals surface area contributed by atoms with Crippen molar-refractivity contribution in [2.45, 2.75) is 52.8 Å². The van der Waals surface area contributed by atoms with Gasteiger partial charge in [-0.2, -0.15) is 5.26 Å². The van der Waals surface area contributed by atoms with E-state index in [4.69, 9.17) is 21.1 Å². The second-order valence-corrected chi connectivity index (χ2v) is 12.8. The number of nitrogens with zero attached hydrogens (tertiary/aromatic N) is 3. The van der Waals surface area contributed by atoms with E-state index in [0.29, 0.717) is 59.3 Å². The Morgan fingerprint density at radius 1 is 1.15 bits per heavy atom. The first-order valence-corrected chi connectivity index (χ1v) is 16.1. The van der Waals surface area contributed by atoms with Gasteiger partial charge in [0.25, 0.3) is 0 Å². The standard InChI is InChI=1S/C37H39ClN4O5/c1-4-41-35(45)37(14-8-12-29(36(37,2)3)27-10-6-5-7-11-27)24-47-33-18-32(46-23-26-16-25(19-39)20-40-21-26)28(17-30(33)38)22-42-15-9-13-31(42)34(43)44/h5-8,10-12,14,16-18,20-21,31H,4,9,13,15,22-24H2,1-3H3,(H,41,45)(H,43,44)/t31-,37?/m0/s1. The number of rotatable bonds is 12. The van der Waals surface area contributed by atoms with Crippen LogP contribution in [0, 0.1) is 22.2 Å². The van der Waals surface area contributed by atoms with Crippen LogP contribution in [0.25, 0.3) is 5.57 Å². The normalized spacial score (nSPS) is 20.2. The molecule has 9 nitrogen and oxygen atoms in total. The molecular formula is C37H39ClN4O5. The average Bonchev–Trinajstić information content (AvgIpc) is 3.53. The molecule has 2 N–H and O–H groups in total. The fraction of sp³-hybridized carbons (Fsp3) is 0.351. The molecule has 10 heteroatoms. The molecule has 0 saturated carbocycles. The van der Waals surface area contributed by atoms with Crippen LogP contribution in [0.1, 0.15) is 55.9 Å². The Kier molecular flexibility index (Phi) is 10.3. The molecule has 2 aromatic carbocycles. The van der Waals surface area contributed by atoms with Gasteiger partial charge < -0.3 is 19.9 Å². The van der Waals surface area contributed by atoms with Crippen LogP contribution in [0.2, 0.25) is 5.02 Å². The van der Waals surface area contributed by atoms with Crippen molar-refractivity contribution >= 4 is 29.1 Å². The van der Waals surface area contributed by atoms with Crippen molar-refractivity contribution in [1.82, 2.24) is 15.2 Å². The van der Waals surface area contributed by atoms with Crippen molar-refractivity contribution in [1.29, 1.82) is 5.26 Å². The smallest absolute Gasteiger partial charge is 0.320 e. The number of carbonyl (C=O) groups excluding carboxylic acids is 1. The average molecular weight is 655 g/mol. The molecule has 5 rings (SSSR count). The summed E-state index contributed by atoms with van der Waals surface area (Å²) in [5.74, 6) is -0.240. The van der Waals surface area contributed by atoms with Crippen molar-refractivity contribution in [2.75, 3.05) is 19.7 Å². The molecule has 1 fully saturated rings. The summed E-state index contributed by atoms with van der Waals surface area (Å²) in [6, 6.07) is 16.6. The molecule has 1 saturated heterocycles. The highest BCUT2D eigenvalue weighted by molar-refractivity contribution is 6.32. The predicted molar refractivity (Wildman–Crippen MR) is 180 cm³/mol. The molecule has 0 radical (unpaired) electrons. The van der Waals surface area contributed by atoms with E-state index in [-0.39, 0.29) is 19.1 Å². The second kappa shape index (κ2) is 14.4. The fourth-order valence-corrected chi connectivity index (χ4v) is 6.69. The first-order chi connectivity index (χ1) is 22.6. The number of halogens is 1. The van der Waals surface area contributed by atoms with Gasteiger partial charge in [-0.15, -0.1) is 0 Å². The Morgan fingerprint density at radius 2 is 1.94 bits per heavy atom. The van der Waals surface area contributed by atoms with Gasteiger partial charge in [0, 0.05) is 48.1 Å². The van der Waals surface area contributed by atoms with E-state index < -0.39 is 22.8 Å². The molecule has 0 spiro atoms. The maximum atomic E-state index is 13.9. The second-order valence-electron chi connectivity index (χ2n) is 12.4. The molecule has 1 aromatic heterocycles. The third-order valence-electron chi connectivity index (χ3n) is 9.17. The minimum absolute atomic E-state index is 0.00758. The number of carboxylic acids is 1. The summed E-state index contributed by atoms with van der Waals surface area (Å²) in [6.45, 7) is 7.49. The number of ether oxygens (including phenoxy) is 2. The summed E-state index contributed by atoms with van der Waals surface area (Å²) in [4.78, 5) is 31.9. The summed E-state index contributed by atoms with van der Waals surface area (Å²) >= 11 is 6.85. The fourth-order valence-electron chi connectivity index (χ4n) is 6.45. The van der Waals surface area contributed by atoms with Crippen LogP contribution in [0.4, 0.5) is 0 Å². The lowest BCUT2D eigenvalue weighted by Gasteiger charge is -2.46. The Morgan fingerprint density at radius 3 is 2.66 bits per heavy atom. The number of hydrogen-bond donors (Lipinski definition) is 2. The Balaban J connectivity index is 1.48. The number of carboxylic acid groups (broad SMARTS) is 1. The zero-order valence-corrected chi connectivity index (χ0v) is 27.6. The molecule has 1 aliphatic carbocycles. The number of pyridine rings is 1. The molecule has 1 unspecified atom stereocenters. The largest absolute Gasteiger partial charge is 0.490 e. The van der Waals surface area contributed by atoms with E-state index in [1.165, 1.54) is 6.20 Å². The first kappa shape index (κ1) is 33.7. The van der Waals surface area contributed by atoms with E-state index >= 15 is 0 Å². The van der Waals surface area contributed by atoms with Crippen molar-refractivity contribution in [3.8, 4) is 17.6 Å². The molecular weight excluding hydrogens is 616 g/mol. The Bertz CT molecular complexity index is 1730. The van der Waals surface area contributed by atoms with Gasteiger partial charge in [0.2, 0.25) is 5.91 Å². The quantitative estimate of drug-likeness (QED) is 0.229. The van der Waals surface area contributed by atoms with Gasteiger partial charge >= 0.3 is 5.97 Å². The van der Waals surface area contributed by atoms with Gasteiger partial charge in [0.15, 0.2) is 0 Å². The van der Waals surface area contributed by atoms with Crippen LogP contribution in [-0.4, -0.2) is 52.6 Å². The van der Waals surface area contributed by atoms with Crippen LogP contribution in [-0.2, 0) is 22.7 Å². The summed E-state index contributed by atoms with van der Waals surface area (Å²) in [7, 11) is 0. The number of nitrogens with one attached hydrogen (secondary N) is 1. The monoisotopic (exact) mass is 654 g/mol. The number of benzene rings is 2. The first-order valence-electron chi connectivity index (χ1n) is 15.7. The highest BCUT2D eigenvalue weighted by Gasteiger charge is 2.53. The molecule has 3 aromatic rings. The van der Waals surface area contributed by atoms with E-state index in [1.807, 2.05) is 74.2 Å². The van der Waals surface area contributed by atoms with Crippen LogP contribution in [0.3, 0.4) is 0 Å². The van der Waals surface area contributed by atoms with Crippen LogP contribution in [0.5, 0.6) is 11.5 Å². The van der Waals surface area contributed by atoms with Gasteiger partial charge in [-0.25, -0.2) is 0 Å². The van der Waals surface area contributed by atoms with Crippen molar-refractivity contribution in [3.05, 3.63) is 106 Å². The molecule has 2 aliphatic rings. The highest BCUT2D eigenvalue weighted by atomic mass is 35.5. The Hall–Kier alpha value is -4.65. The van der Waals surface area contributed by atoms with Gasteiger partial charge in [0.05, 0.1) is 10.6 Å². The molecule has 2 heterocycles. The highest BCUT2D eigenvalue weighted by Crippen LogP contribution is 2.53. The topological polar surface area (TPSA) is 125 Å². The summed E-state index contributed by atoms with van der Waals surface area (Å²) in [5.41, 5.74) is 2.08. The molecule has 2 atom stereocenters. The number of aromatic nitrogens is 1. The molecule has 1 amide bonds. The van der Waals surface area contributed by atoms with Crippen molar-refractivity contribution in [2.24, 2.45) is 10.8 Å². The van der Waals surface area contributed by atoms with E-state index in [0.717, 1.165) is 17.6 Å². The summed E-state index contributed by atoms with van der Waals surface area (Å²) in [6.07, 6.45) is 10.3. The number of allylic oxidation sites excluding steroid dienone is 3. The maximum Gasteiger partial charge on any atom is 0.320 e. The zero-order valence-electron chi connectivity index (χ0n) is 26.8. The van der Waals surface area contributed by atoms with Crippen molar-refractivity contribution in [3.63, 3.8) is 0 Å². The maximum absolute atomic E-state index is 13.9. The lowest BCUT2D eigenvalue weighted by atomic mass is 9.58. The Labute approximate surface area is 280 Å². The SMILES string of the molecule is CCNC(=O)C1(COc2cc(OCc3cncc(C#N)c3)c(CN3CCC[C@H]3C(=O)O)cc2Cl)C=CC=C(c2ccccc2)C1(C)C. The number of amides is 1. The third-order valence-corrected chi connectivity index (χ3v) is 9.47. The van der Waals surface area contributed by atoms with Gasteiger partial charge in [-0.05, 0) is 49.6 Å². The van der Waals surface area contributed by atoms with Gasteiger partial charge in [-0.3, -0.25) is 19.5 Å². The molecule has 244 valence electrons. The van der Waals surface area contributed by atoms with Crippen LogP contribution >= 0.6 is 11.6 Å². The minimum Gasteiger partial charge on any atom is -0.490 e. The summed E-state index contributed by atoms with van der Waals surface area (Å²) in [5, 5.41) is 22.4. The van der Waals surface area contributed by atoms with Gasteiger partial charge in [0.1, 0.15) is 42.2 Å². The predicted octanol–water partition coefficient (Wildman–Crippen LogP) is 6.42. The number of likely N-dealkylation sites (tertiary alicyclic amines) is 1. The number of aliphatic carboxylic acids is 1. The molecule has 47 heavy (non-hydrogen) atoms. The third kappa shape index (κ3) is 7.04. The van der Waals surface area contributed by atoms with E-state index in [9.17, 15) is 20.0 Å². The van der Waals surface area contributed by atoms with E-state index in [1.54, 1.807) is 24.4 Å². The lowest BCUT2D eigenvalue weighted by molar-refractivity contribution is -0.142. The van der Waals surface area contributed by atoms with Crippen LogP contribution < -0.4 is 14.8 Å². The number of carbonyl (C=O) groups is 2. The summed E-state index contributed by atoms with van der Waals surface area (Å²) < 4.78 is 12.7. The lowest BCUT2D eigenvalue weighted by Crippen LogP contribution is -2.53. The molecule has 0 bridgehead atoms. The van der Waals surface area contributed by atoms with Gasteiger partial charge in [-0.1, -0.05) is 74.0 Å². The van der Waals surface area contributed by atoms with Crippen molar-refractivity contribution < 1.29 is 24.2 Å². The minimum atomic E-state index is -1.08. The van der Waals surface area contributed by atoms with Crippen LogP contribution in [0.15, 0.2) is 79.2 Å². The molecule has 1 aliphatic heterocycles. The number of nitriles is 1. The van der Waals surface area contributed by atoms with E-state index in [2.05, 4.69) is 16.4 Å². The zero-order chi connectivity index (χ0) is 33.6. The number of hydrogen-bond acceptors (Lipinski definition) is 7.